The van der Waals surface area contributed by atoms with Gasteiger partial charge in [-0.2, -0.15) is 0 Å². The lowest BCUT2D eigenvalue weighted by Crippen LogP contribution is -2.50. The molecule has 1 amide bonds. The molecule has 1 saturated heterocycles. The molecule has 0 aliphatic carbocycles. The average Bonchev–Trinajstić information content (AvgIpc) is 3.00. The highest BCUT2D eigenvalue weighted by atomic mass is 32.2. The van der Waals surface area contributed by atoms with E-state index >= 15 is 0 Å². The van der Waals surface area contributed by atoms with E-state index < -0.39 is 16.1 Å². The molecule has 2 heterocycles. The lowest BCUT2D eigenvalue weighted by molar-refractivity contribution is -0.129. The van der Waals surface area contributed by atoms with Gasteiger partial charge in [-0.1, -0.05) is 5.16 Å². The smallest absolute Gasteiger partial charge is 0.253 e. The Kier molecular flexibility index (Phi) is 5.49. The van der Waals surface area contributed by atoms with Crippen LogP contribution in [0.5, 0.6) is 5.75 Å². The van der Waals surface area contributed by atoms with Crippen molar-refractivity contribution < 1.29 is 27.2 Å². The van der Waals surface area contributed by atoms with Gasteiger partial charge in [-0.25, -0.2) is 13.1 Å². The molecule has 1 aromatic carbocycles. The number of aryl methyl sites for hydroxylation is 2. The van der Waals surface area contributed by atoms with Crippen LogP contribution in [0.1, 0.15) is 11.5 Å². The maximum atomic E-state index is 12.5. The molecule has 1 unspecified atom stereocenters. The SMILES string of the molecule is COc1ccc(N2CC(CNS(=O)(=O)c3c(C)noc3C)OCC2=O)cc1. The first-order chi connectivity index (χ1) is 12.8. The van der Waals surface area contributed by atoms with Gasteiger partial charge in [-0.3, -0.25) is 4.79 Å². The third-order valence-corrected chi connectivity index (χ3v) is 5.92. The van der Waals surface area contributed by atoms with Crippen molar-refractivity contribution in [2.24, 2.45) is 0 Å². The molecule has 0 bridgehead atoms. The normalized spacial score (nSPS) is 18.0. The van der Waals surface area contributed by atoms with E-state index in [2.05, 4.69) is 9.88 Å². The van der Waals surface area contributed by atoms with E-state index in [0.717, 1.165) is 0 Å². The predicted molar refractivity (Wildman–Crippen MR) is 96.3 cm³/mol. The van der Waals surface area contributed by atoms with Crippen molar-refractivity contribution in [3.8, 4) is 5.75 Å². The molecule has 27 heavy (non-hydrogen) atoms. The minimum Gasteiger partial charge on any atom is -0.497 e. The van der Waals surface area contributed by atoms with Crippen molar-refractivity contribution in [2.75, 3.05) is 31.7 Å². The summed E-state index contributed by atoms with van der Waals surface area (Å²) < 4.78 is 43.0. The highest BCUT2D eigenvalue weighted by Gasteiger charge is 2.30. The Morgan fingerprint density at radius 2 is 2.00 bits per heavy atom. The summed E-state index contributed by atoms with van der Waals surface area (Å²) in [5.74, 6) is 0.716. The summed E-state index contributed by atoms with van der Waals surface area (Å²) in [6.45, 7) is 3.23. The molecular formula is C17H21N3O6S. The summed E-state index contributed by atoms with van der Waals surface area (Å²) in [4.78, 5) is 13.8. The molecule has 9 nitrogen and oxygen atoms in total. The topological polar surface area (TPSA) is 111 Å². The number of aromatic nitrogens is 1. The molecule has 2 aromatic rings. The highest BCUT2D eigenvalue weighted by Crippen LogP contribution is 2.23. The van der Waals surface area contributed by atoms with Crippen LogP contribution in [0.4, 0.5) is 5.69 Å². The molecule has 10 heteroatoms. The molecule has 146 valence electrons. The van der Waals surface area contributed by atoms with Crippen molar-refractivity contribution >= 4 is 21.6 Å². The Morgan fingerprint density at radius 3 is 2.59 bits per heavy atom. The minimum absolute atomic E-state index is 0.0202. The third kappa shape index (κ3) is 4.12. The first kappa shape index (κ1) is 19.3. The molecule has 1 aliphatic rings. The number of nitrogens with zero attached hydrogens (tertiary/aromatic N) is 2. The Labute approximate surface area is 157 Å². The Hall–Kier alpha value is -2.43. The van der Waals surface area contributed by atoms with Gasteiger partial charge in [0.2, 0.25) is 10.0 Å². The molecule has 3 rings (SSSR count). The fraction of sp³-hybridized carbons (Fsp3) is 0.412. The van der Waals surface area contributed by atoms with Crippen LogP contribution in [0.3, 0.4) is 0 Å². The second-order valence-electron chi connectivity index (χ2n) is 6.14. The Morgan fingerprint density at radius 1 is 1.30 bits per heavy atom. The number of methoxy groups -OCH3 is 1. The molecule has 1 aliphatic heterocycles. The van der Waals surface area contributed by atoms with Gasteiger partial charge >= 0.3 is 0 Å². The number of carbonyl (C=O) groups excluding carboxylic acids is 1. The number of hydrogen-bond acceptors (Lipinski definition) is 7. The van der Waals surface area contributed by atoms with E-state index in [9.17, 15) is 13.2 Å². The van der Waals surface area contributed by atoms with Crippen LogP contribution in [0, 0.1) is 13.8 Å². The van der Waals surface area contributed by atoms with Gasteiger partial charge in [0.05, 0.1) is 19.8 Å². The molecule has 1 aromatic heterocycles. The molecule has 0 spiro atoms. The second kappa shape index (κ2) is 7.67. The number of hydrogen-bond donors (Lipinski definition) is 1. The molecule has 1 atom stereocenters. The zero-order valence-corrected chi connectivity index (χ0v) is 16.1. The monoisotopic (exact) mass is 395 g/mol. The quantitative estimate of drug-likeness (QED) is 0.777. The maximum absolute atomic E-state index is 12.5. The lowest BCUT2D eigenvalue weighted by Gasteiger charge is -2.32. The standard InChI is InChI=1S/C17H21N3O6S/c1-11-17(12(2)26-19-11)27(22,23)18-8-15-9-20(16(21)10-25-15)13-4-6-14(24-3)7-5-13/h4-7,15,18H,8-10H2,1-3H3. The zero-order valence-electron chi connectivity index (χ0n) is 15.3. The number of nitrogens with one attached hydrogen (secondary N) is 1. The second-order valence-corrected chi connectivity index (χ2v) is 7.84. The first-order valence-electron chi connectivity index (χ1n) is 8.30. The van der Waals surface area contributed by atoms with Crippen molar-refractivity contribution in [3.05, 3.63) is 35.7 Å². The van der Waals surface area contributed by atoms with Crippen LogP contribution in [-0.2, 0) is 19.6 Å². The molecule has 1 fully saturated rings. The number of morpholine rings is 1. The van der Waals surface area contributed by atoms with Crippen LogP contribution in [0.25, 0.3) is 0 Å². The van der Waals surface area contributed by atoms with Crippen molar-refractivity contribution in [1.82, 2.24) is 9.88 Å². The summed E-state index contributed by atoms with van der Waals surface area (Å²) in [7, 11) is -2.22. The van der Waals surface area contributed by atoms with Gasteiger partial charge in [0, 0.05) is 12.2 Å². The number of sulfonamides is 1. The van der Waals surface area contributed by atoms with Crippen LogP contribution < -0.4 is 14.4 Å². The van der Waals surface area contributed by atoms with Crippen LogP contribution in [0.2, 0.25) is 0 Å². The minimum atomic E-state index is -3.79. The first-order valence-corrected chi connectivity index (χ1v) is 9.78. The number of ether oxygens (including phenoxy) is 2. The van der Waals surface area contributed by atoms with Crippen LogP contribution in [-0.4, -0.2) is 52.4 Å². The fourth-order valence-corrected chi connectivity index (χ4v) is 4.28. The summed E-state index contributed by atoms with van der Waals surface area (Å²) in [6.07, 6.45) is -0.486. The molecule has 0 saturated carbocycles. The zero-order chi connectivity index (χ0) is 19.6. The van der Waals surface area contributed by atoms with Gasteiger partial charge < -0.3 is 18.9 Å². The predicted octanol–water partition coefficient (Wildman–Crippen LogP) is 1.01. The molecule has 1 N–H and O–H groups in total. The van der Waals surface area contributed by atoms with Gasteiger partial charge in [0.1, 0.15) is 22.9 Å². The van der Waals surface area contributed by atoms with Crippen molar-refractivity contribution in [1.29, 1.82) is 0 Å². The van der Waals surface area contributed by atoms with Gasteiger partial charge in [0.25, 0.3) is 5.91 Å². The van der Waals surface area contributed by atoms with E-state index in [0.29, 0.717) is 17.1 Å². The van der Waals surface area contributed by atoms with E-state index in [4.69, 9.17) is 14.0 Å². The average molecular weight is 395 g/mol. The van der Waals surface area contributed by atoms with Crippen molar-refractivity contribution in [3.63, 3.8) is 0 Å². The summed E-state index contributed by atoms with van der Waals surface area (Å²) in [6, 6.07) is 7.06. The van der Waals surface area contributed by atoms with Gasteiger partial charge in [-0.05, 0) is 38.1 Å². The summed E-state index contributed by atoms with van der Waals surface area (Å²) in [5, 5.41) is 3.66. The van der Waals surface area contributed by atoms with E-state index in [-0.39, 0.29) is 36.3 Å². The number of anilines is 1. The number of benzene rings is 1. The van der Waals surface area contributed by atoms with Crippen LogP contribution in [0.15, 0.2) is 33.7 Å². The van der Waals surface area contributed by atoms with E-state index in [1.807, 2.05) is 0 Å². The van der Waals surface area contributed by atoms with Crippen molar-refractivity contribution in [2.45, 2.75) is 24.8 Å². The Bertz CT molecular complexity index is 903. The Balaban J connectivity index is 1.68. The molecular weight excluding hydrogens is 374 g/mol. The van der Waals surface area contributed by atoms with Gasteiger partial charge in [0.15, 0.2) is 5.76 Å². The van der Waals surface area contributed by atoms with E-state index in [1.165, 1.54) is 6.92 Å². The highest BCUT2D eigenvalue weighted by molar-refractivity contribution is 7.89. The lowest BCUT2D eigenvalue weighted by atomic mass is 10.2. The number of carbonyl (C=O) groups is 1. The maximum Gasteiger partial charge on any atom is 0.253 e. The summed E-state index contributed by atoms with van der Waals surface area (Å²) in [5.41, 5.74) is 0.988. The number of rotatable bonds is 6. The van der Waals surface area contributed by atoms with Gasteiger partial charge in [-0.15, -0.1) is 0 Å². The fourth-order valence-electron chi connectivity index (χ4n) is 2.89. The number of amides is 1. The van der Waals surface area contributed by atoms with E-state index in [1.54, 1.807) is 43.2 Å². The van der Waals surface area contributed by atoms with Crippen LogP contribution >= 0.6 is 0 Å². The summed E-state index contributed by atoms with van der Waals surface area (Å²) >= 11 is 0. The largest absolute Gasteiger partial charge is 0.497 e. The third-order valence-electron chi connectivity index (χ3n) is 4.25. The molecule has 0 radical (unpaired) electrons.